The average molecular weight is 512 g/mol. The van der Waals surface area contributed by atoms with Crippen molar-refractivity contribution in [3.63, 3.8) is 0 Å². The Hall–Kier alpha value is -3.93. The lowest BCUT2D eigenvalue weighted by Crippen LogP contribution is -2.48. The number of hydrogen-bond donors (Lipinski definition) is 1. The van der Waals surface area contributed by atoms with Crippen LogP contribution in [0.4, 0.5) is 35.3 Å². The van der Waals surface area contributed by atoms with Crippen molar-refractivity contribution in [3.05, 3.63) is 54.2 Å². The smallest absolute Gasteiger partial charge is 0.416 e. The molecule has 3 aliphatic heterocycles. The SMILES string of the molecule is O=C(Nc1ccnc(OC2CCOC2)n1)N1c2nc(-c3cccc(C(F)(F)F)c3)ccc2N2CC[C@H]1C2. The third-order valence-electron chi connectivity index (χ3n) is 6.68. The van der Waals surface area contributed by atoms with Crippen LogP contribution in [0.25, 0.3) is 11.3 Å². The van der Waals surface area contributed by atoms with Crippen LogP contribution in [0.15, 0.2) is 48.7 Å². The molecule has 37 heavy (non-hydrogen) atoms. The van der Waals surface area contributed by atoms with Gasteiger partial charge in [0, 0.05) is 31.3 Å². The van der Waals surface area contributed by atoms with E-state index in [0.717, 1.165) is 37.2 Å². The number of pyridine rings is 1. The molecule has 1 unspecified atom stereocenters. The van der Waals surface area contributed by atoms with E-state index in [-0.39, 0.29) is 24.0 Å². The number of urea groups is 1. The summed E-state index contributed by atoms with van der Waals surface area (Å²) in [6, 6.07) is 9.64. The highest BCUT2D eigenvalue weighted by atomic mass is 19.4. The van der Waals surface area contributed by atoms with E-state index in [1.54, 1.807) is 29.2 Å². The standard InChI is InChI=1S/C25H23F3N6O3/c26-25(27,28)16-3-1-2-15(12-16)19-4-5-20-22(30-19)34(17-7-10-33(20)13-17)24(35)32-21-6-9-29-23(31-21)37-18-8-11-36-14-18/h1-6,9,12,17-18H,7-8,10-11,13-14H2,(H,29,31,32,35)/t17-,18?/m0/s1. The van der Waals surface area contributed by atoms with Crippen LogP contribution in [-0.4, -0.2) is 59.4 Å². The Kier molecular flexibility index (Phi) is 5.82. The Morgan fingerprint density at radius 3 is 2.84 bits per heavy atom. The van der Waals surface area contributed by atoms with Crippen molar-refractivity contribution in [2.45, 2.75) is 31.2 Å². The number of ether oxygens (including phenoxy) is 2. The van der Waals surface area contributed by atoms with Crippen LogP contribution in [0.1, 0.15) is 18.4 Å². The number of hydrogen-bond acceptors (Lipinski definition) is 7. The molecule has 12 heteroatoms. The molecule has 3 aromatic rings. The quantitative estimate of drug-likeness (QED) is 0.556. The highest BCUT2D eigenvalue weighted by molar-refractivity contribution is 6.04. The van der Waals surface area contributed by atoms with E-state index in [1.807, 2.05) is 0 Å². The zero-order valence-electron chi connectivity index (χ0n) is 19.6. The predicted octanol–water partition coefficient (Wildman–Crippen LogP) is 4.36. The van der Waals surface area contributed by atoms with Crippen molar-refractivity contribution in [2.24, 2.45) is 0 Å². The number of aromatic nitrogens is 3. The van der Waals surface area contributed by atoms with Crippen LogP contribution in [0.5, 0.6) is 6.01 Å². The van der Waals surface area contributed by atoms with E-state index in [0.29, 0.717) is 36.8 Å². The minimum Gasteiger partial charge on any atom is -0.458 e. The molecule has 1 N–H and O–H groups in total. The van der Waals surface area contributed by atoms with E-state index in [9.17, 15) is 18.0 Å². The Labute approximate surface area is 210 Å². The summed E-state index contributed by atoms with van der Waals surface area (Å²) in [6.07, 6.45) is -1.63. The number of benzene rings is 1. The van der Waals surface area contributed by atoms with Crippen molar-refractivity contribution in [1.29, 1.82) is 0 Å². The van der Waals surface area contributed by atoms with Crippen molar-refractivity contribution in [1.82, 2.24) is 15.0 Å². The third kappa shape index (κ3) is 4.64. The number of carbonyl (C=O) groups excluding carboxylic acids is 1. The zero-order chi connectivity index (χ0) is 25.6. The van der Waals surface area contributed by atoms with Gasteiger partial charge in [-0.1, -0.05) is 12.1 Å². The van der Waals surface area contributed by atoms with Gasteiger partial charge in [0.15, 0.2) is 5.82 Å². The van der Waals surface area contributed by atoms with Crippen molar-refractivity contribution in [3.8, 4) is 17.3 Å². The summed E-state index contributed by atoms with van der Waals surface area (Å²) in [6.45, 7) is 2.47. The van der Waals surface area contributed by atoms with E-state index < -0.39 is 17.8 Å². The normalized spacial score (nSPS) is 20.6. The maximum Gasteiger partial charge on any atom is 0.416 e. The van der Waals surface area contributed by atoms with Gasteiger partial charge in [-0.3, -0.25) is 10.2 Å². The molecule has 0 spiro atoms. The summed E-state index contributed by atoms with van der Waals surface area (Å²) in [5.74, 6) is 0.666. The number of amides is 2. The van der Waals surface area contributed by atoms with Gasteiger partial charge in [0.25, 0.3) is 0 Å². The number of nitrogens with zero attached hydrogens (tertiary/aromatic N) is 5. The lowest BCUT2D eigenvalue weighted by Gasteiger charge is -2.35. The minimum atomic E-state index is -4.47. The van der Waals surface area contributed by atoms with Gasteiger partial charge >= 0.3 is 18.2 Å². The van der Waals surface area contributed by atoms with Crippen molar-refractivity contribution >= 4 is 23.4 Å². The van der Waals surface area contributed by atoms with Crippen LogP contribution >= 0.6 is 0 Å². The molecule has 192 valence electrons. The van der Waals surface area contributed by atoms with Gasteiger partial charge in [-0.15, -0.1) is 0 Å². The molecule has 2 saturated heterocycles. The van der Waals surface area contributed by atoms with Gasteiger partial charge in [-0.25, -0.2) is 14.8 Å². The number of rotatable bonds is 4. The summed E-state index contributed by atoms with van der Waals surface area (Å²) < 4.78 is 50.9. The zero-order valence-corrected chi connectivity index (χ0v) is 19.6. The number of alkyl halides is 3. The molecule has 1 aromatic carbocycles. The van der Waals surface area contributed by atoms with Crippen LogP contribution in [-0.2, 0) is 10.9 Å². The molecule has 2 atom stereocenters. The highest BCUT2D eigenvalue weighted by Gasteiger charge is 2.40. The summed E-state index contributed by atoms with van der Waals surface area (Å²) in [7, 11) is 0. The van der Waals surface area contributed by atoms with Crippen molar-refractivity contribution in [2.75, 3.05) is 41.4 Å². The molecule has 9 nitrogen and oxygen atoms in total. The summed E-state index contributed by atoms with van der Waals surface area (Å²) in [5.41, 5.74) is 0.669. The maximum absolute atomic E-state index is 13.5. The van der Waals surface area contributed by atoms with Gasteiger partial charge in [-0.2, -0.15) is 18.2 Å². The summed E-state index contributed by atoms with van der Waals surface area (Å²) >= 11 is 0. The molecule has 2 aromatic heterocycles. The fourth-order valence-electron chi connectivity index (χ4n) is 4.88. The van der Waals surface area contributed by atoms with Gasteiger partial charge in [0.1, 0.15) is 11.9 Å². The highest BCUT2D eigenvalue weighted by Crippen LogP contribution is 2.41. The van der Waals surface area contributed by atoms with Crippen LogP contribution < -0.4 is 19.9 Å². The second-order valence-electron chi connectivity index (χ2n) is 9.13. The fraction of sp³-hybridized carbons (Fsp3) is 0.360. The van der Waals surface area contributed by atoms with Gasteiger partial charge in [-0.05, 0) is 36.8 Å². The van der Waals surface area contributed by atoms with E-state index in [2.05, 4.69) is 25.2 Å². The monoisotopic (exact) mass is 512 g/mol. The molecule has 3 aliphatic rings. The Balaban J connectivity index is 1.29. The Morgan fingerprint density at radius 1 is 1.14 bits per heavy atom. The second-order valence-corrected chi connectivity index (χ2v) is 9.13. The van der Waals surface area contributed by atoms with E-state index in [4.69, 9.17) is 9.47 Å². The lowest BCUT2D eigenvalue weighted by molar-refractivity contribution is -0.137. The van der Waals surface area contributed by atoms with Crippen LogP contribution in [0.2, 0.25) is 0 Å². The molecule has 0 radical (unpaired) electrons. The van der Waals surface area contributed by atoms with Gasteiger partial charge in [0.2, 0.25) is 0 Å². The van der Waals surface area contributed by atoms with E-state index >= 15 is 0 Å². The molecule has 5 heterocycles. The number of halogens is 3. The molecule has 0 aliphatic carbocycles. The number of anilines is 3. The summed E-state index contributed by atoms with van der Waals surface area (Å²) in [5, 5.41) is 2.81. The first-order valence-electron chi connectivity index (χ1n) is 12.0. The maximum atomic E-state index is 13.5. The summed E-state index contributed by atoms with van der Waals surface area (Å²) in [4.78, 5) is 30.3. The topological polar surface area (TPSA) is 92.7 Å². The average Bonchev–Trinajstić information content (AvgIpc) is 3.54. The number of fused-ring (bicyclic) bond motifs is 4. The largest absolute Gasteiger partial charge is 0.458 e. The molecule has 6 rings (SSSR count). The molecular weight excluding hydrogens is 489 g/mol. The first kappa shape index (κ1) is 23.5. The van der Waals surface area contributed by atoms with Gasteiger partial charge in [0.05, 0.1) is 36.2 Å². The molecule has 2 fully saturated rings. The van der Waals surface area contributed by atoms with Crippen molar-refractivity contribution < 1.29 is 27.4 Å². The van der Waals surface area contributed by atoms with Crippen LogP contribution in [0, 0.1) is 0 Å². The Bertz CT molecular complexity index is 1330. The first-order valence-corrected chi connectivity index (χ1v) is 12.0. The fourth-order valence-corrected chi connectivity index (χ4v) is 4.88. The number of nitrogens with one attached hydrogen (secondary N) is 1. The molecule has 0 saturated carbocycles. The molecule has 2 amide bonds. The lowest BCUT2D eigenvalue weighted by atomic mass is 10.1. The second kappa shape index (κ2) is 9.18. The predicted molar refractivity (Wildman–Crippen MR) is 129 cm³/mol. The molecule has 2 bridgehead atoms. The molecular formula is C25H23F3N6O3. The first-order chi connectivity index (χ1) is 17.8. The Morgan fingerprint density at radius 2 is 2.03 bits per heavy atom. The number of carbonyl (C=O) groups is 1. The minimum absolute atomic E-state index is 0.134. The van der Waals surface area contributed by atoms with Crippen LogP contribution in [0.3, 0.4) is 0 Å². The van der Waals surface area contributed by atoms with E-state index in [1.165, 1.54) is 12.3 Å². The van der Waals surface area contributed by atoms with Gasteiger partial charge < -0.3 is 14.4 Å². The third-order valence-corrected chi connectivity index (χ3v) is 6.68.